The summed E-state index contributed by atoms with van der Waals surface area (Å²) in [4.78, 5) is 5.00. The monoisotopic (exact) mass is 545 g/mol. The van der Waals surface area contributed by atoms with Gasteiger partial charge in [0.1, 0.15) is 11.3 Å². The highest BCUT2D eigenvalue weighted by molar-refractivity contribution is 6.12. The molecule has 0 N–H and O–H groups in total. The lowest BCUT2D eigenvalue weighted by atomic mass is 9.60. The Kier molecular flexibility index (Phi) is 6.10. The van der Waals surface area contributed by atoms with E-state index in [1.165, 1.54) is 55.8 Å². The molecule has 2 aromatic heterocycles. The average Bonchev–Trinajstić information content (AvgIpc) is 3.26. The molecule has 2 heteroatoms. The van der Waals surface area contributed by atoms with Gasteiger partial charge in [0, 0.05) is 28.1 Å². The van der Waals surface area contributed by atoms with E-state index < -0.39 is 0 Å². The molecule has 0 aliphatic heterocycles. The Balaban J connectivity index is 1.75. The maximum Gasteiger partial charge on any atom is 0.161 e. The van der Waals surface area contributed by atoms with Gasteiger partial charge >= 0.3 is 0 Å². The summed E-state index contributed by atoms with van der Waals surface area (Å²) in [6, 6.07) is 15.5. The highest BCUT2D eigenvalue weighted by atomic mass is 16.3. The number of pyridine rings is 1. The van der Waals surface area contributed by atoms with Gasteiger partial charge in [-0.05, 0) is 99.1 Å². The maximum absolute atomic E-state index is 7.11. The molecule has 0 atom stereocenters. The molecule has 0 amide bonds. The zero-order chi connectivity index (χ0) is 29.7. The Bertz CT molecular complexity index is 1830. The average molecular weight is 546 g/mol. The standard InChI is InChI=1S/C39H47NO/c1-23-28(22-36(2,3)4)31-32(39(10,11)18-17-38(31,8)9)35-30(23)27-16-19-40-33(34(27)41-35)25-20-24-14-12-13-15-26(24)29(21-25)37(5,6)7/h12-16,19-21H,17-18,22H2,1-11H3. The third kappa shape index (κ3) is 4.49. The molecule has 6 rings (SSSR count). The largest absolute Gasteiger partial charge is 0.453 e. The van der Waals surface area contributed by atoms with E-state index in [9.17, 15) is 0 Å². The third-order valence-corrected chi connectivity index (χ3v) is 9.59. The maximum atomic E-state index is 7.11. The van der Waals surface area contributed by atoms with Gasteiger partial charge in [0.2, 0.25) is 0 Å². The minimum absolute atomic E-state index is 0.00448. The first-order valence-electron chi connectivity index (χ1n) is 15.4. The molecular formula is C39H47NO. The van der Waals surface area contributed by atoms with Crippen LogP contribution in [-0.2, 0) is 22.7 Å². The predicted octanol–water partition coefficient (Wildman–Crippen LogP) is 11.3. The fourth-order valence-electron chi connectivity index (χ4n) is 7.47. The first-order chi connectivity index (χ1) is 19.0. The number of rotatable bonds is 2. The molecule has 0 saturated carbocycles. The molecule has 1 aliphatic rings. The highest BCUT2D eigenvalue weighted by Gasteiger charge is 2.43. The molecular weight excluding hydrogens is 498 g/mol. The lowest BCUT2D eigenvalue weighted by Crippen LogP contribution is -2.36. The van der Waals surface area contributed by atoms with Crippen molar-refractivity contribution in [2.45, 2.75) is 112 Å². The Hall–Kier alpha value is -3.13. The summed E-state index contributed by atoms with van der Waals surface area (Å²) in [5, 5.41) is 5.02. The van der Waals surface area contributed by atoms with Crippen LogP contribution in [0.15, 0.2) is 53.1 Å². The zero-order valence-corrected chi connectivity index (χ0v) is 27.1. The van der Waals surface area contributed by atoms with E-state index >= 15 is 0 Å². The quantitative estimate of drug-likeness (QED) is 0.220. The minimum Gasteiger partial charge on any atom is -0.453 e. The number of aromatic nitrogens is 1. The van der Waals surface area contributed by atoms with Gasteiger partial charge in [-0.1, -0.05) is 93.5 Å². The van der Waals surface area contributed by atoms with Crippen LogP contribution in [0.1, 0.15) is 110 Å². The number of hydrogen-bond acceptors (Lipinski definition) is 2. The molecule has 3 aromatic carbocycles. The van der Waals surface area contributed by atoms with E-state index in [1.807, 2.05) is 6.20 Å². The van der Waals surface area contributed by atoms with Gasteiger partial charge in [0.25, 0.3) is 0 Å². The van der Waals surface area contributed by atoms with Crippen molar-refractivity contribution in [3.63, 3.8) is 0 Å². The smallest absolute Gasteiger partial charge is 0.161 e. The van der Waals surface area contributed by atoms with Gasteiger partial charge in [-0.25, -0.2) is 0 Å². The topological polar surface area (TPSA) is 26.0 Å². The molecule has 0 radical (unpaired) electrons. The molecule has 0 spiro atoms. The van der Waals surface area contributed by atoms with Gasteiger partial charge in [-0.2, -0.15) is 0 Å². The predicted molar refractivity (Wildman–Crippen MR) is 176 cm³/mol. The van der Waals surface area contributed by atoms with Crippen LogP contribution >= 0.6 is 0 Å². The number of benzene rings is 3. The van der Waals surface area contributed by atoms with Crippen LogP contribution < -0.4 is 0 Å². The first-order valence-corrected chi connectivity index (χ1v) is 15.4. The summed E-state index contributed by atoms with van der Waals surface area (Å²) in [6.07, 6.45) is 5.38. The van der Waals surface area contributed by atoms with Crippen molar-refractivity contribution in [3.05, 3.63) is 76.5 Å². The van der Waals surface area contributed by atoms with E-state index in [4.69, 9.17) is 9.40 Å². The van der Waals surface area contributed by atoms with Gasteiger partial charge in [0.15, 0.2) is 5.58 Å². The van der Waals surface area contributed by atoms with Crippen molar-refractivity contribution in [2.24, 2.45) is 5.41 Å². The fourth-order valence-corrected chi connectivity index (χ4v) is 7.47. The summed E-state index contributed by atoms with van der Waals surface area (Å²) in [5.41, 5.74) is 11.6. The second kappa shape index (κ2) is 8.93. The van der Waals surface area contributed by atoms with Crippen molar-refractivity contribution < 1.29 is 4.42 Å². The van der Waals surface area contributed by atoms with Gasteiger partial charge in [0.05, 0.1) is 0 Å². The molecule has 5 aromatic rings. The number of furan rings is 1. The molecule has 0 unspecified atom stereocenters. The molecule has 2 nitrogen and oxygen atoms in total. The second-order valence-electron chi connectivity index (χ2n) is 16.2. The molecule has 1 aliphatic carbocycles. The number of aryl methyl sites for hydroxylation is 1. The fraction of sp³-hybridized carbons (Fsp3) is 0.462. The summed E-state index contributed by atoms with van der Waals surface area (Å²) in [7, 11) is 0. The summed E-state index contributed by atoms with van der Waals surface area (Å²) in [6.45, 7) is 26.0. The van der Waals surface area contributed by atoms with Crippen molar-refractivity contribution in [1.29, 1.82) is 0 Å². The van der Waals surface area contributed by atoms with Crippen LogP contribution in [0.5, 0.6) is 0 Å². The SMILES string of the molecule is Cc1c(CC(C)(C)C)c2c(c3oc4c(-c5cc(C(C)(C)C)c6ccccc6c5)nccc4c13)C(C)(C)CCC2(C)C. The van der Waals surface area contributed by atoms with Crippen molar-refractivity contribution in [3.8, 4) is 11.3 Å². The minimum atomic E-state index is 0.00448. The number of hydrogen-bond donors (Lipinski definition) is 0. The Morgan fingerprint density at radius 3 is 2.12 bits per heavy atom. The van der Waals surface area contributed by atoms with Crippen LogP contribution in [0.3, 0.4) is 0 Å². The Morgan fingerprint density at radius 1 is 0.805 bits per heavy atom. The zero-order valence-electron chi connectivity index (χ0n) is 27.1. The van der Waals surface area contributed by atoms with E-state index in [-0.39, 0.29) is 21.7 Å². The molecule has 0 saturated heterocycles. The lowest BCUT2D eigenvalue weighted by molar-refractivity contribution is 0.323. The highest BCUT2D eigenvalue weighted by Crippen LogP contribution is 2.54. The van der Waals surface area contributed by atoms with Gasteiger partial charge in [-0.15, -0.1) is 0 Å². The van der Waals surface area contributed by atoms with Crippen molar-refractivity contribution in [2.75, 3.05) is 0 Å². The van der Waals surface area contributed by atoms with E-state index in [1.54, 1.807) is 0 Å². The molecule has 41 heavy (non-hydrogen) atoms. The molecule has 2 heterocycles. The normalized spacial score (nSPS) is 17.0. The van der Waals surface area contributed by atoms with Crippen molar-refractivity contribution >= 4 is 32.7 Å². The second-order valence-corrected chi connectivity index (χ2v) is 16.2. The number of fused-ring (bicyclic) bond motifs is 6. The Labute approximate surface area is 246 Å². The lowest BCUT2D eigenvalue weighted by Gasteiger charge is -2.44. The summed E-state index contributed by atoms with van der Waals surface area (Å²) < 4.78 is 7.11. The van der Waals surface area contributed by atoms with Crippen LogP contribution in [0.25, 0.3) is 44.0 Å². The molecule has 0 fully saturated rings. The van der Waals surface area contributed by atoms with Crippen LogP contribution in [-0.4, -0.2) is 4.98 Å². The summed E-state index contributed by atoms with van der Waals surface area (Å²) >= 11 is 0. The molecule has 214 valence electrons. The van der Waals surface area contributed by atoms with Crippen LogP contribution in [0.4, 0.5) is 0 Å². The Morgan fingerprint density at radius 2 is 1.46 bits per heavy atom. The van der Waals surface area contributed by atoms with Gasteiger partial charge in [-0.3, -0.25) is 4.98 Å². The van der Waals surface area contributed by atoms with Gasteiger partial charge < -0.3 is 4.42 Å². The van der Waals surface area contributed by atoms with E-state index in [0.29, 0.717) is 0 Å². The van der Waals surface area contributed by atoms with E-state index in [2.05, 4.69) is 119 Å². The number of nitrogens with zero attached hydrogens (tertiary/aromatic N) is 1. The molecule has 0 bridgehead atoms. The van der Waals surface area contributed by atoms with E-state index in [0.717, 1.165) is 35.3 Å². The third-order valence-electron chi connectivity index (χ3n) is 9.59. The summed E-state index contributed by atoms with van der Waals surface area (Å²) in [5.74, 6) is 0. The van der Waals surface area contributed by atoms with Crippen LogP contribution in [0.2, 0.25) is 0 Å². The van der Waals surface area contributed by atoms with Crippen LogP contribution in [0, 0.1) is 12.3 Å². The van der Waals surface area contributed by atoms with Crippen molar-refractivity contribution in [1.82, 2.24) is 4.98 Å². The first kappa shape index (κ1) is 28.0.